The van der Waals surface area contributed by atoms with E-state index in [-0.39, 0.29) is 36.6 Å². The van der Waals surface area contributed by atoms with Crippen molar-refractivity contribution in [2.45, 2.75) is 6.10 Å². The Kier molecular flexibility index (Phi) is 8.32. The maximum absolute atomic E-state index is 12.4. The minimum absolute atomic E-state index is 0.0999. The van der Waals surface area contributed by atoms with Gasteiger partial charge in [-0.3, -0.25) is 9.59 Å². The fourth-order valence-electron chi connectivity index (χ4n) is 3.99. The van der Waals surface area contributed by atoms with Gasteiger partial charge >= 0.3 is 0 Å². The van der Waals surface area contributed by atoms with Gasteiger partial charge in [-0.15, -0.1) is 0 Å². The Morgan fingerprint density at radius 1 is 0.971 bits per heavy atom. The van der Waals surface area contributed by atoms with Crippen LogP contribution in [0.5, 0.6) is 5.75 Å². The number of para-hydroxylation sites is 1. The molecule has 2 aliphatic rings. The second-order valence-electron chi connectivity index (χ2n) is 9.45. The molecule has 1 aromatic carbocycles. The molecule has 1 aliphatic heterocycles. The average Bonchev–Trinajstić information content (AvgIpc) is 2.79. The fraction of sp³-hybridized carbons (Fsp3) is 0.417. The molecule has 0 saturated carbocycles. The van der Waals surface area contributed by atoms with Crippen molar-refractivity contribution in [1.82, 2.24) is 10.9 Å². The van der Waals surface area contributed by atoms with Crippen LogP contribution in [-0.2, 0) is 9.59 Å². The van der Waals surface area contributed by atoms with E-state index in [4.69, 9.17) is 0 Å². The quantitative estimate of drug-likeness (QED) is 0.242. The summed E-state index contributed by atoms with van der Waals surface area (Å²) in [6.45, 7) is 3.55. The van der Waals surface area contributed by atoms with Crippen molar-refractivity contribution in [3.05, 3.63) is 54.1 Å². The molecule has 2 atom stereocenters. The number of aliphatic hydroxyl groups is 1. The third-order valence-corrected chi connectivity index (χ3v) is 6.32. The summed E-state index contributed by atoms with van der Waals surface area (Å²) in [5.74, 6) is -0.540. The van der Waals surface area contributed by atoms with Crippen molar-refractivity contribution in [2.24, 2.45) is 16.1 Å². The number of phenols is 1. The van der Waals surface area contributed by atoms with Crippen molar-refractivity contribution < 1.29 is 28.8 Å². The first-order chi connectivity index (χ1) is 16.2. The third-order valence-electron chi connectivity index (χ3n) is 6.32. The van der Waals surface area contributed by atoms with E-state index in [1.165, 1.54) is 12.4 Å². The van der Waals surface area contributed by atoms with Crippen LogP contribution in [0.15, 0.2) is 58.8 Å². The van der Waals surface area contributed by atoms with Crippen molar-refractivity contribution in [1.29, 1.82) is 0 Å². The summed E-state index contributed by atoms with van der Waals surface area (Å²) < 4.78 is 1.13. The molecule has 1 aliphatic carbocycles. The highest BCUT2D eigenvalue weighted by atomic mass is 16.3. The molecule has 10 heteroatoms. The predicted molar refractivity (Wildman–Crippen MR) is 130 cm³/mol. The minimum atomic E-state index is -0.638. The van der Waals surface area contributed by atoms with Crippen LogP contribution in [0.25, 0.3) is 0 Å². The zero-order valence-electron chi connectivity index (χ0n) is 19.7. The number of quaternary nitrogens is 2. The number of hydrogen-bond acceptors (Lipinski definition) is 6. The van der Waals surface area contributed by atoms with E-state index in [9.17, 15) is 19.8 Å². The summed E-state index contributed by atoms with van der Waals surface area (Å²) in [7, 11) is 4.06. The standard InChI is InChI=1S/C24H32N6O4/c1-29(17-23(33)27-25-15-19-7-3-5-9-21(19)31)11-13-30(2,14-12-29)18-24(34)28-26-16-20-8-4-6-10-22(20)32/h3-10,15-16,19,21,31H,11-14,17-18H2,1-2H3,(H-2,26,27,28,32,33,34)/p+2/b25-15+. The lowest BCUT2D eigenvalue weighted by Gasteiger charge is -2.45. The van der Waals surface area contributed by atoms with Gasteiger partial charge in [0.1, 0.15) is 31.9 Å². The Bertz CT molecular complexity index is 995. The van der Waals surface area contributed by atoms with Crippen LogP contribution >= 0.6 is 0 Å². The number of carbonyl (C=O) groups is 2. The number of aliphatic hydroxyl groups excluding tert-OH is 1. The number of amides is 2. The zero-order valence-corrected chi connectivity index (χ0v) is 19.7. The third kappa shape index (κ3) is 7.34. The number of allylic oxidation sites excluding steroid dienone is 2. The van der Waals surface area contributed by atoms with E-state index in [0.717, 1.165) is 26.2 Å². The molecule has 0 aromatic heterocycles. The largest absolute Gasteiger partial charge is 0.507 e. The summed E-state index contributed by atoms with van der Waals surface area (Å²) in [6.07, 6.45) is 9.42. The first kappa shape index (κ1) is 25.3. The molecule has 1 fully saturated rings. The Labute approximate surface area is 199 Å². The van der Waals surface area contributed by atoms with Crippen LogP contribution < -0.4 is 10.9 Å². The summed E-state index contributed by atoms with van der Waals surface area (Å²) in [4.78, 5) is 24.8. The molecule has 0 spiro atoms. The van der Waals surface area contributed by atoms with Crippen LogP contribution in [0.1, 0.15) is 5.56 Å². The van der Waals surface area contributed by atoms with Gasteiger partial charge in [-0.25, -0.2) is 10.9 Å². The SMILES string of the molecule is C[N+]1(CC(=O)N/N=C/c2ccccc2O)CC[N+](C)(CC(=O)N/N=C/C2C=CC=CC2O)CC1. The van der Waals surface area contributed by atoms with Crippen LogP contribution in [0.4, 0.5) is 0 Å². The Morgan fingerprint density at radius 2 is 1.53 bits per heavy atom. The van der Waals surface area contributed by atoms with E-state index in [0.29, 0.717) is 14.5 Å². The topological polar surface area (TPSA) is 123 Å². The number of phenolic OH excluding ortho intramolecular Hbond substituents is 1. The molecule has 2 amide bonds. The summed E-state index contributed by atoms with van der Waals surface area (Å²) in [6, 6.07) is 6.76. The number of hydrazone groups is 2. The molecule has 4 N–H and O–H groups in total. The van der Waals surface area contributed by atoms with E-state index in [1.54, 1.807) is 36.4 Å². The normalized spacial score (nSPS) is 28.9. The molecule has 1 saturated heterocycles. The van der Waals surface area contributed by atoms with Gasteiger partial charge in [-0.2, -0.15) is 10.2 Å². The number of likely N-dealkylation sites (N-methyl/N-ethyl adjacent to an activating group) is 2. The number of benzene rings is 1. The summed E-state index contributed by atoms with van der Waals surface area (Å²) in [5.41, 5.74) is 5.62. The molecule has 1 aromatic rings. The molecular weight excluding hydrogens is 436 g/mol. The van der Waals surface area contributed by atoms with E-state index in [1.807, 2.05) is 26.2 Å². The van der Waals surface area contributed by atoms with E-state index >= 15 is 0 Å². The van der Waals surface area contributed by atoms with Gasteiger partial charge in [0.05, 0.1) is 26.4 Å². The number of rotatable bonds is 8. The number of hydrogen-bond donors (Lipinski definition) is 4. The van der Waals surface area contributed by atoms with Crippen molar-refractivity contribution in [3.8, 4) is 5.75 Å². The number of piperazine rings is 1. The van der Waals surface area contributed by atoms with Gasteiger partial charge in [0.2, 0.25) is 0 Å². The van der Waals surface area contributed by atoms with Gasteiger partial charge in [0.25, 0.3) is 11.8 Å². The average molecular weight is 471 g/mol. The fourth-order valence-corrected chi connectivity index (χ4v) is 3.99. The molecule has 10 nitrogen and oxygen atoms in total. The van der Waals surface area contributed by atoms with Crippen molar-refractivity contribution in [2.75, 3.05) is 53.4 Å². The van der Waals surface area contributed by atoms with Crippen LogP contribution in [0.2, 0.25) is 0 Å². The number of aromatic hydroxyl groups is 1. The second kappa shape index (κ2) is 11.2. The highest BCUT2D eigenvalue weighted by molar-refractivity contribution is 5.85. The van der Waals surface area contributed by atoms with Gasteiger partial charge in [-0.05, 0) is 12.1 Å². The lowest BCUT2D eigenvalue weighted by atomic mass is 9.99. The molecule has 0 radical (unpaired) electrons. The van der Waals surface area contributed by atoms with Crippen molar-refractivity contribution in [3.63, 3.8) is 0 Å². The molecular formula is C24H34N6O4+2. The number of carbonyl (C=O) groups excluding carboxylic acids is 2. The molecule has 1 heterocycles. The van der Waals surface area contributed by atoms with Crippen molar-refractivity contribution >= 4 is 24.2 Å². The van der Waals surface area contributed by atoms with Gasteiger partial charge in [-0.1, -0.05) is 36.4 Å². The first-order valence-corrected chi connectivity index (χ1v) is 11.3. The number of nitrogens with one attached hydrogen (secondary N) is 2. The summed E-state index contributed by atoms with van der Waals surface area (Å²) in [5, 5.41) is 27.6. The van der Waals surface area contributed by atoms with Gasteiger partial charge in [0, 0.05) is 17.7 Å². The Hall–Kier alpha value is -3.34. The second-order valence-corrected chi connectivity index (χ2v) is 9.45. The zero-order chi connectivity index (χ0) is 24.6. The smallest absolute Gasteiger partial charge is 0.295 e. The minimum Gasteiger partial charge on any atom is -0.507 e. The van der Waals surface area contributed by atoms with Crippen LogP contribution in [0, 0.1) is 5.92 Å². The molecule has 34 heavy (non-hydrogen) atoms. The lowest BCUT2D eigenvalue weighted by Crippen LogP contribution is -2.66. The maximum atomic E-state index is 12.4. The van der Waals surface area contributed by atoms with Crippen LogP contribution in [0.3, 0.4) is 0 Å². The Morgan fingerprint density at radius 3 is 2.12 bits per heavy atom. The summed E-state index contributed by atoms with van der Waals surface area (Å²) >= 11 is 0. The van der Waals surface area contributed by atoms with Gasteiger partial charge < -0.3 is 19.2 Å². The highest BCUT2D eigenvalue weighted by Gasteiger charge is 2.39. The highest BCUT2D eigenvalue weighted by Crippen LogP contribution is 2.16. The molecule has 182 valence electrons. The number of nitrogens with zero attached hydrogens (tertiary/aromatic N) is 4. The molecule has 3 rings (SSSR count). The van der Waals surface area contributed by atoms with Gasteiger partial charge in [0.15, 0.2) is 13.1 Å². The molecule has 2 unspecified atom stereocenters. The molecule has 0 bridgehead atoms. The monoisotopic (exact) mass is 470 g/mol. The predicted octanol–water partition coefficient (Wildman–Crippen LogP) is -0.0458. The van der Waals surface area contributed by atoms with E-state index < -0.39 is 6.10 Å². The maximum Gasteiger partial charge on any atom is 0.295 e. The van der Waals surface area contributed by atoms with E-state index in [2.05, 4.69) is 21.1 Å². The Balaban J connectivity index is 1.42. The first-order valence-electron chi connectivity index (χ1n) is 11.3. The lowest BCUT2D eigenvalue weighted by molar-refractivity contribution is -1.01. The van der Waals surface area contributed by atoms with Crippen LogP contribution in [-0.4, -0.2) is 103 Å².